The molecule has 4 nitrogen and oxygen atoms in total. The molecule has 19 heavy (non-hydrogen) atoms. The number of ether oxygens (including phenoxy) is 1. The highest BCUT2D eigenvalue weighted by Gasteiger charge is 2.47. The first-order chi connectivity index (χ1) is 9.09. The number of carbonyl (C=O) groups excluding carboxylic acids is 1. The van der Waals surface area contributed by atoms with Gasteiger partial charge in [-0.1, -0.05) is 34.1 Å². The third-order valence-corrected chi connectivity index (χ3v) is 4.12. The Hall–Kier alpha value is -1.38. The van der Waals surface area contributed by atoms with Gasteiger partial charge in [-0.05, 0) is 18.1 Å². The summed E-state index contributed by atoms with van der Waals surface area (Å²) in [5, 5.41) is 9.10. The maximum absolute atomic E-state index is 12.2. The van der Waals surface area contributed by atoms with Crippen molar-refractivity contribution in [2.24, 2.45) is 5.41 Å². The highest BCUT2D eigenvalue weighted by atomic mass is 79.9. The van der Waals surface area contributed by atoms with E-state index in [4.69, 9.17) is 10.00 Å². The second-order valence-electron chi connectivity index (χ2n) is 4.75. The van der Waals surface area contributed by atoms with Crippen LogP contribution in [0.15, 0.2) is 28.7 Å². The highest BCUT2D eigenvalue weighted by Crippen LogP contribution is 2.28. The van der Waals surface area contributed by atoms with Crippen LogP contribution < -0.4 is 0 Å². The largest absolute Gasteiger partial charge is 0.377 e. The number of nitriles is 1. The average Bonchev–Trinajstić information content (AvgIpc) is 2.36. The normalized spacial score (nSPS) is 16.3. The van der Waals surface area contributed by atoms with Crippen molar-refractivity contribution in [2.75, 3.05) is 26.8 Å². The zero-order valence-electron chi connectivity index (χ0n) is 10.7. The van der Waals surface area contributed by atoms with Crippen molar-refractivity contribution in [1.29, 1.82) is 5.26 Å². The molecule has 1 fully saturated rings. The van der Waals surface area contributed by atoms with E-state index < -0.39 is 5.41 Å². The molecular formula is C14H15BrN2O2. The van der Waals surface area contributed by atoms with Gasteiger partial charge in [-0.15, -0.1) is 0 Å². The SMILES string of the molecule is CN(CCc1ccccc1Br)C(=O)C1(C#N)COC1. The van der Waals surface area contributed by atoms with Crippen LogP contribution >= 0.6 is 15.9 Å². The van der Waals surface area contributed by atoms with E-state index in [1.807, 2.05) is 24.3 Å². The molecule has 1 aromatic rings. The number of hydrogen-bond donors (Lipinski definition) is 0. The van der Waals surface area contributed by atoms with Crippen molar-refractivity contribution >= 4 is 21.8 Å². The van der Waals surface area contributed by atoms with E-state index in [9.17, 15) is 4.79 Å². The Labute approximate surface area is 121 Å². The second kappa shape index (κ2) is 5.72. The predicted molar refractivity (Wildman–Crippen MR) is 74.3 cm³/mol. The van der Waals surface area contributed by atoms with Crippen LogP contribution in [-0.4, -0.2) is 37.6 Å². The van der Waals surface area contributed by atoms with Crippen LogP contribution in [0.3, 0.4) is 0 Å². The predicted octanol–water partition coefficient (Wildman–Crippen LogP) is 1.99. The minimum absolute atomic E-state index is 0.145. The van der Waals surface area contributed by atoms with E-state index in [2.05, 4.69) is 22.0 Å². The van der Waals surface area contributed by atoms with Gasteiger partial charge in [-0.2, -0.15) is 5.26 Å². The van der Waals surface area contributed by atoms with E-state index in [-0.39, 0.29) is 19.1 Å². The van der Waals surface area contributed by atoms with E-state index in [1.54, 1.807) is 11.9 Å². The van der Waals surface area contributed by atoms with Crippen LogP contribution in [0.1, 0.15) is 5.56 Å². The van der Waals surface area contributed by atoms with Crippen molar-refractivity contribution in [3.8, 4) is 6.07 Å². The maximum atomic E-state index is 12.2. The van der Waals surface area contributed by atoms with Gasteiger partial charge in [0.25, 0.3) is 0 Å². The number of hydrogen-bond acceptors (Lipinski definition) is 3. The molecule has 100 valence electrons. The van der Waals surface area contributed by atoms with Gasteiger partial charge in [0.1, 0.15) is 0 Å². The number of amides is 1. The first-order valence-corrected chi connectivity index (χ1v) is 6.86. The van der Waals surface area contributed by atoms with Crippen LogP contribution in [-0.2, 0) is 16.0 Å². The molecule has 1 aliphatic heterocycles. The zero-order chi connectivity index (χ0) is 13.9. The molecule has 0 radical (unpaired) electrons. The third kappa shape index (κ3) is 2.80. The first-order valence-electron chi connectivity index (χ1n) is 6.07. The molecule has 0 bridgehead atoms. The molecule has 1 heterocycles. The summed E-state index contributed by atoms with van der Waals surface area (Å²) in [5.74, 6) is -0.145. The maximum Gasteiger partial charge on any atom is 0.247 e. The van der Waals surface area contributed by atoms with Gasteiger partial charge in [-0.3, -0.25) is 4.79 Å². The number of halogens is 1. The van der Waals surface area contributed by atoms with E-state index in [0.717, 1.165) is 16.5 Å². The molecule has 5 heteroatoms. The third-order valence-electron chi connectivity index (χ3n) is 3.34. The molecule has 1 amide bonds. The molecule has 0 aromatic heterocycles. The fourth-order valence-electron chi connectivity index (χ4n) is 2.00. The Bertz CT molecular complexity index is 520. The minimum Gasteiger partial charge on any atom is -0.377 e. The van der Waals surface area contributed by atoms with Gasteiger partial charge in [0.2, 0.25) is 5.91 Å². The van der Waals surface area contributed by atoms with Crippen LogP contribution in [0.25, 0.3) is 0 Å². The highest BCUT2D eigenvalue weighted by molar-refractivity contribution is 9.10. The van der Waals surface area contributed by atoms with E-state index >= 15 is 0 Å². The molecule has 1 saturated heterocycles. The molecule has 0 aliphatic carbocycles. The molecule has 0 spiro atoms. The monoisotopic (exact) mass is 322 g/mol. The van der Waals surface area contributed by atoms with Crippen LogP contribution in [0.4, 0.5) is 0 Å². The standard InChI is InChI=1S/C14H15BrN2O2/c1-17(13(18)14(8-16)9-19-10-14)7-6-11-4-2-3-5-12(11)15/h2-5H,6-7,9-10H2,1H3. The van der Waals surface area contributed by atoms with Gasteiger partial charge < -0.3 is 9.64 Å². The molecule has 0 unspecified atom stereocenters. The number of carbonyl (C=O) groups is 1. The smallest absolute Gasteiger partial charge is 0.247 e. The summed E-state index contributed by atoms with van der Waals surface area (Å²) < 4.78 is 6.04. The van der Waals surface area contributed by atoms with Crippen molar-refractivity contribution in [1.82, 2.24) is 4.90 Å². The van der Waals surface area contributed by atoms with Crippen LogP contribution in [0, 0.1) is 16.7 Å². The molecule has 1 aromatic carbocycles. The average molecular weight is 323 g/mol. The van der Waals surface area contributed by atoms with E-state index in [1.165, 1.54) is 0 Å². The summed E-state index contributed by atoms with van der Waals surface area (Å²) in [6, 6.07) is 10.0. The fourth-order valence-corrected chi connectivity index (χ4v) is 2.48. The van der Waals surface area contributed by atoms with E-state index in [0.29, 0.717) is 6.54 Å². The number of likely N-dealkylation sites (N-methyl/N-ethyl adjacent to an activating group) is 1. The summed E-state index contributed by atoms with van der Waals surface area (Å²) >= 11 is 3.49. The van der Waals surface area contributed by atoms with Crippen LogP contribution in [0.2, 0.25) is 0 Å². The molecule has 0 N–H and O–H groups in total. The molecular weight excluding hydrogens is 308 g/mol. The van der Waals surface area contributed by atoms with Gasteiger partial charge >= 0.3 is 0 Å². The quantitative estimate of drug-likeness (QED) is 0.851. The molecule has 0 saturated carbocycles. The molecule has 1 aliphatic rings. The molecule has 2 rings (SSSR count). The number of nitrogens with zero attached hydrogens (tertiary/aromatic N) is 2. The fraction of sp³-hybridized carbons (Fsp3) is 0.429. The van der Waals surface area contributed by atoms with Crippen molar-refractivity contribution in [2.45, 2.75) is 6.42 Å². The molecule has 0 atom stereocenters. The van der Waals surface area contributed by atoms with Gasteiger partial charge in [0, 0.05) is 18.1 Å². The lowest BCUT2D eigenvalue weighted by Crippen LogP contribution is -2.53. The van der Waals surface area contributed by atoms with Gasteiger partial charge in [0.15, 0.2) is 5.41 Å². The summed E-state index contributed by atoms with van der Waals surface area (Å²) in [6.07, 6.45) is 0.756. The lowest BCUT2D eigenvalue weighted by atomic mass is 9.86. The Morgan fingerprint density at radius 2 is 2.21 bits per heavy atom. The second-order valence-corrected chi connectivity index (χ2v) is 5.61. The Kier molecular flexibility index (Phi) is 4.23. The number of benzene rings is 1. The Morgan fingerprint density at radius 1 is 1.53 bits per heavy atom. The summed E-state index contributed by atoms with van der Waals surface area (Å²) in [6.45, 7) is 1.01. The minimum atomic E-state index is -0.956. The zero-order valence-corrected chi connectivity index (χ0v) is 12.3. The topological polar surface area (TPSA) is 53.3 Å². The summed E-state index contributed by atoms with van der Waals surface area (Å²) in [5.41, 5.74) is 0.195. The Morgan fingerprint density at radius 3 is 2.74 bits per heavy atom. The first kappa shape index (κ1) is 14.0. The van der Waals surface area contributed by atoms with Gasteiger partial charge in [-0.25, -0.2) is 0 Å². The van der Waals surface area contributed by atoms with Crippen molar-refractivity contribution in [3.05, 3.63) is 34.3 Å². The summed E-state index contributed by atoms with van der Waals surface area (Å²) in [4.78, 5) is 13.8. The lowest BCUT2D eigenvalue weighted by molar-refractivity contribution is -0.159. The van der Waals surface area contributed by atoms with Crippen molar-refractivity contribution in [3.63, 3.8) is 0 Å². The van der Waals surface area contributed by atoms with Crippen LogP contribution in [0.5, 0.6) is 0 Å². The number of rotatable bonds is 4. The lowest BCUT2D eigenvalue weighted by Gasteiger charge is -2.36. The Balaban J connectivity index is 1.95. The summed E-state index contributed by atoms with van der Waals surface area (Å²) in [7, 11) is 1.73. The van der Waals surface area contributed by atoms with Crippen molar-refractivity contribution < 1.29 is 9.53 Å². The van der Waals surface area contributed by atoms with Gasteiger partial charge in [0.05, 0.1) is 19.3 Å².